The van der Waals surface area contributed by atoms with E-state index in [1.54, 1.807) is 14.2 Å². The molecule has 1 aliphatic rings. The zero-order valence-electron chi connectivity index (χ0n) is 21.2. The number of benzene rings is 3. The van der Waals surface area contributed by atoms with Crippen LogP contribution in [0, 0.1) is 13.8 Å². The Balaban J connectivity index is 1.62. The van der Waals surface area contributed by atoms with E-state index in [1.807, 2.05) is 12.1 Å². The molecule has 0 spiro atoms. The van der Waals surface area contributed by atoms with Crippen LogP contribution in [0.2, 0.25) is 0 Å². The van der Waals surface area contributed by atoms with Crippen LogP contribution in [0.3, 0.4) is 0 Å². The van der Waals surface area contributed by atoms with Gasteiger partial charge in [-0.1, -0.05) is 42.0 Å². The number of hydrogen-bond acceptors (Lipinski definition) is 4. The van der Waals surface area contributed by atoms with Gasteiger partial charge in [0, 0.05) is 24.8 Å². The predicted octanol–water partition coefficient (Wildman–Crippen LogP) is 5.80. The summed E-state index contributed by atoms with van der Waals surface area (Å²) in [6.07, 6.45) is 0.955. The number of methoxy groups -OCH3 is 2. The van der Waals surface area contributed by atoms with E-state index < -0.39 is 0 Å². The Hall–Kier alpha value is -3.09. The van der Waals surface area contributed by atoms with Crippen molar-refractivity contribution in [3.63, 3.8) is 0 Å². The Morgan fingerprint density at radius 1 is 1.00 bits per heavy atom. The standard InChI is InChI=1S/C29H35N3O2S/c1-19-9-11-22(12-10-19)18-32-14-13-23-16-26(33-4)27(34-5)17-25(23)28(32)21(3)30-29(35)31-24-8-6-7-20(2)15-24/h6-12,15-17,21,28H,13-14,18H2,1-5H3,(H2,30,31,35). The number of thiocarbonyl (C=S) groups is 1. The normalized spacial score (nSPS) is 16.2. The first-order valence-electron chi connectivity index (χ1n) is 12.1. The van der Waals surface area contributed by atoms with Crippen LogP contribution in [0.25, 0.3) is 0 Å². The number of anilines is 1. The summed E-state index contributed by atoms with van der Waals surface area (Å²) in [6.45, 7) is 8.21. The highest BCUT2D eigenvalue weighted by molar-refractivity contribution is 7.80. The van der Waals surface area contributed by atoms with E-state index in [4.69, 9.17) is 21.7 Å². The van der Waals surface area contributed by atoms with Crippen LogP contribution in [-0.4, -0.2) is 36.8 Å². The largest absolute Gasteiger partial charge is 0.493 e. The lowest BCUT2D eigenvalue weighted by molar-refractivity contribution is 0.149. The van der Waals surface area contributed by atoms with E-state index in [9.17, 15) is 0 Å². The molecule has 2 unspecified atom stereocenters. The van der Waals surface area contributed by atoms with Crippen molar-refractivity contribution in [1.29, 1.82) is 0 Å². The van der Waals surface area contributed by atoms with Crippen LogP contribution in [0.1, 0.15) is 40.8 Å². The van der Waals surface area contributed by atoms with E-state index in [0.29, 0.717) is 5.11 Å². The number of nitrogens with zero attached hydrogens (tertiary/aromatic N) is 1. The van der Waals surface area contributed by atoms with Gasteiger partial charge in [-0.3, -0.25) is 4.90 Å². The minimum absolute atomic E-state index is 0.0578. The molecule has 2 N–H and O–H groups in total. The molecule has 3 aromatic rings. The summed E-state index contributed by atoms with van der Waals surface area (Å²) in [7, 11) is 3.38. The molecule has 6 heteroatoms. The lowest BCUT2D eigenvalue weighted by Crippen LogP contribution is -2.48. The molecule has 1 heterocycles. The molecule has 0 radical (unpaired) electrons. The lowest BCUT2D eigenvalue weighted by Gasteiger charge is -2.41. The van der Waals surface area contributed by atoms with Gasteiger partial charge in [-0.25, -0.2) is 0 Å². The Labute approximate surface area is 214 Å². The van der Waals surface area contributed by atoms with E-state index in [0.717, 1.165) is 36.7 Å². The smallest absolute Gasteiger partial charge is 0.171 e. The van der Waals surface area contributed by atoms with E-state index in [1.165, 1.54) is 27.8 Å². The quantitative estimate of drug-likeness (QED) is 0.409. The van der Waals surface area contributed by atoms with Gasteiger partial charge in [-0.2, -0.15) is 0 Å². The third-order valence-corrected chi connectivity index (χ3v) is 6.86. The second kappa shape index (κ2) is 11.1. The van der Waals surface area contributed by atoms with Gasteiger partial charge in [0.15, 0.2) is 16.6 Å². The van der Waals surface area contributed by atoms with Crippen molar-refractivity contribution in [3.8, 4) is 11.5 Å². The van der Waals surface area contributed by atoms with Crippen LogP contribution in [0.5, 0.6) is 11.5 Å². The second-order valence-electron chi connectivity index (χ2n) is 9.31. The fraction of sp³-hybridized carbons (Fsp3) is 0.345. The monoisotopic (exact) mass is 489 g/mol. The zero-order valence-corrected chi connectivity index (χ0v) is 22.0. The topological polar surface area (TPSA) is 45.8 Å². The van der Waals surface area contributed by atoms with Crippen molar-refractivity contribution in [2.24, 2.45) is 0 Å². The van der Waals surface area contributed by atoms with E-state index in [-0.39, 0.29) is 12.1 Å². The molecule has 0 saturated heterocycles. The van der Waals surface area contributed by atoms with Crippen LogP contribution in [0.15, 0.2) is 60.7 Å². The first-order valence-corrected chi connectivity index (χ1v) is 12.5. The maximum Gasteiger partial charge on any atom is 0.171 e. The van der Waals surface area contributed by atoms with Gasteiger partial charge in [-0.05, 0) is 85.9 Å². The Morgan fingerprint density at radius 3 is 2.40 bits per heavy atom. The minimum atomic E-state index is 0.0578. The number of aryl methyl sites for hydroxylation is 2. The summed E-state index contributed by atoms with van der Waals surface area (Å²) in [5, 5.41) is 7.52. The Bertz CT molecular complexity index is 1180. The van der Waals surface area contributed by atoms with Gasteiger partial charge >= 0.3 is 0 Å². The van der Waals surface area contributed by atoms with Gasteiger partial charge in [0.05, 0.1) is 20.3 Å². The highest BCUT2D eigenvalue weighted by atomic mass is 32.1. The van der Waals surface area contributed by atoms with Crippen molar-refractivity contribution in [3.05, 3.63) is 88.5 Å². The summed E-state index contributed by atoms with van der Waals surface area (Å²) in [4.78, 5) is 2.53. The Kier molecular flexibility index (Phi) is 7.93. The number of rotatable bonds is 7. The molecule has 0 aliphatic carbocycles. The maximum atomic E-state index is 5.71. The third-order valence-electron chi connectivity index (χ3n) is 6.64. The molecule has 35 heavy (non-hydrogen) atoms. The molecular formula is C29H35N3O2S. The molecule has 3 aromatic carbocycles. The van der Waals surface area contributed by atoms with Gasteiger partial charge < -0.3 is 20.1 Å². The van der Waals surface area contributed by atoms with Crippen molar-refractivity contribution in [2.45, 2.75) is 45.8 Å². The molecule has 2 atom stereocenters. The fourth-order valence-corrected chi connectivity index (χ4v) is 5.20. The zero-order chi connectivity index (χ0) is 24.9. The lowest BCUT2D eigenvalue weighted by atomic mass is 9.87. The summed E-state index contributed by atoms with van der Waals surface area (Å²) in [5.74, 6) is 1.52. The molecule has 184 valence electrons. The van der Waals surface area contributed by atoms with Gasteiger partial charge in [0.25, 0.3) is 0 Å². The highest BCUT2D eigenvalue weighted by Crippen LogP contribution is 2.40. The van der Waals surface area contributed by atoms with E-state index >= 15 is 0 Å². The van der Waals surface area contributed by atoms with Crippen LogP contribution in [-0.2, 0) is 13.0 Å². The van der Waals surface area contributed by atoms with E-state index in [2.05, 4.69) is 84.8 Å². The van der Waals surface area contributed by atoms with Gasteiger partial charge in [-0.15, -0.1) is 0 Å². The maximum absolute atomic E-state index is 5.71. The molecule has 0 amide bonds. The van der Waals surface area contributed by atoms with Crippen molar-refractivity contribution in [1.82, 2.24) is 10.2 Å². The third kappa shape index (κ3) is 5.95. The molecule has 4 rings (SSSR count). The number of hydrogen-bond donors (Lipinski definition) is 2. The summed E-state index contributed by atoms with van der Waals surface area (Å²) in [6, 6.07) is 21.5. The van der Waals surface area contributed by atoms with Crippen LogP contribution < -0.4 is 20.1 Å². The number of nitrogens with one attached hydrogen (secondary N) is 2. The number of fused-ring (bicyclic) bond motifs is 1. The second-order valence-corrected chi connectivity index (χ2v) is 9.72. The van der Waals surface area contributed by atoms with Crippen LogP contribution in [0.4, 0.5) is 5.69 Å². The van der Waals surface area contributed by atoms with Crippen molar-refractivity contribution >= 4 is 23.0 Å². The predicted molar refractivity (Wildman–Crippen MR) is 148 cm³/mol. The average molecular weight is 490 g/mol. The average Bonchev–Trinajstić information content (AvgIpc) is 2.84. The molecule has 0 fully saturated rings. The number of ether oxygens (including phenoxy) is 2. The molecule has 0 aromatic heterocycles. The SMILES string of the molecule is COc1cc2c(cc1OC)C(C(C)NC(=S)Nc1cccc(C)c1)N(Cc1ccc(C)cc1)CC2. The van der Waals surface area contributed by atoms with Gasteiger partial charge in [0.2, 0.25) is 0 Å². The van der Waals surface area contributed by atoms with Crippen LogP contribution >= 0.6 is 12.2 Å². The van der Waals surface area contributed by atoms with Crippen molar-refractivity contribution < 1.29 is 9.47 Å². The van der Waals surface area contributed by atoms with Crippen molar-refractivity contribution in [2.75, 3.05) is 26.1 Å². The summed E-state index contributed by atoms with van der Waals surface area (Å²) < 4.78 is 11.3. The molecular weight excluding hydrogens is 454 g/mol. The minimum Gasteiger partial charge on any atom is -0.493 e. The molecule has 0 saturated carbocycles. The Morgan fingerprint density at radius 2 is 1.71 bits per heavy atom. The fourth-order valence-electron chi connectivity index (χ4n) is 4.90. The molecule has 1 aliphatic heterocycles. The molecule has 5 nitrogen and oxygen atoms in total. The summed E-state index contributed by atoms with van der Waals surface area (Å²) in [5.41, 5.74) is 7.29. The molecule has 0 bridgehead atoms. The highest BCUT2D eigenvalue weighted by Gasteiger charge is 2.33. The van der Waals surface area contributed by atoms with Gasteiger partial charge in [0.1, 0.15) is 0 Å². The first-order chi connectivity index (χ1) is 16.9. The summed E-state index contributed by atoms with van der Waals surface area (Å²) >= 11 is 5.71. The first kappa shape index (κ1) is 25.0.